The number of amides is 1. The average Bonchev–Trinajstić information content (AvgIpc) is 2.55. The van der Waals surface area contributed by atoms with Gasteiger partial charge in [-0.25, -0.2) is 9.97 Å². The fourth-order valence-corrected chi connectivity index (χ4v) is 2.78. The standard InChI is InChI=1S/C17H21N3OS/c1-4-12(2)14-8-5-6-9-15(14)20-16(21)13(3)22-17-18-10-7-11-19-17/h5-13H,4H2,1-3H3,(H,20,21)/t12-,13+/m1/s1. The van der Waals surface area contributed by atoms with Crippen LogP contribution >= 0.6 is 11.8 Å². The van der Waals surface area contributed by atoms with E-state index in [2.05, 4.69) is 35.2 Å². The van der Waals surface area contributed by atoms with Gasteiger partial charge in [0.15, 0.2) is 5.16 Å². The number of anilines is 1. The molecule has 22 heavy (non-hydrogen) atoms. The molecule has 5 heteroatoms. The molecule has 2 atom stereocenters. The molecule has 2 aromatic rings. The van der Waals surface area contributed by atoms with Gasteiger partial charge in [0.1, 0.15) is 0 Å². The Morgan fingerprint density at radius 3 is 2.55 bits per heavy atom. The Labute approximate surface area is 135 Å². The van der Waals surface area contributed by atoms with Gasteiger partial charge in [0.05, 0.1) is 5.25 Å². The second kappa shape index (κ2) is 7.94. The van der Waals surface area contributed by atoms with Crippen molar-refractivity contribution in [1.82, 2.24) is 9.97 Å². The van der Waals surface area contributed by atoms with Crippen molar-refractivity contribution < 1.29 is 4.79 Å². The smallest absolute Gasteiger partial charge is 0.237 e. The predicted octanol–water partition coefficient (Wildman–Crippen LogP) is 4.11. The minimum absolute atomic E-state index is 0.0341. The molecular weight excluding hydrogens is 294 g/mol. The third kappa shape index (κ3) is 4.31. The van der Waals surface area contributed by atoms with E-state index in [1.165, 1.54) is 17.3 Å². The van der Waals surface area contributed by atoms with Crippen molar-refractivity contribution in [2.24, 2.45) is 0 Å². The summed E-state index contributed by atoms with van der Waals surface area (Å²) in [5, 5.41) is 3.38. The minimum atomic E-state index is -0.257. The molecule has 0 saturated carbocycles. The monoisotopic (exact) mass is 315 g/mol. The minimum Gasteiger partial charge on any atom is -0.325 e. The quantitative estimate of drug-likeness (QED) is 0.644. The molecule has 0 aliphatic carbocycles. The second-order valence-electron chi connectivity index (χ2n) is 5.18. The van der Waals surface area contributed by atoms with Crippen molar-refractivity contribution in [2.75, 3.05) is 5.32 Å². The zero-order chi connectivity index (χ0) is 15.9. The molecule has 116 valence electrons. The van der Waals surface area contributed by atoms with E-state index in [9.17, 15) is 4.79 Å². The number of hydrogen-bond donors (Lipinski definition) is 1. The van der Waals surface area contributed by atoms with Gasteiger partial charge in [0.2, 0.25) is 5.91 Å². The van der Waals surface area contributed by atoms with Crippen LogP contribution in [0.5, 0.6) is 0 Å². The lowest BCUT2D eigenvalue weighted by molar-refractivity contribution is -0.115. The van der Waals surface area contributed by atoms with Crippen LogP contribution in [-0.2, 0) is 4.79 Å². The molecular formula is C17H21N3OS. The van der Waals surface area contributed by atoms with Crippen LogP contribution in [0.15, 0.2) is 47.9 Å². The van der Waals surface area contributed by atoms with Gasteiger partial charge in [-0.3, -0.25) is 4.79 Å². The Kier molecular flexibility index (Phi) is 5.95. The Hall–Kier alpha value is -1.88. The van der Waals surface area contributed by atoms with Crippen LogP contribution in [0.2, 0.25) is 0 Å². The maximum Gasteiger partial charge on any atom is 0.237 e. The average molecular weight is 315 g/mol. The summed E-state index contributed by atoms with van der Waals surface area (Å²) in [6, 6.07) is 9.74. The largest absolute Gasteiger partial charge is 0.325 e. The Balaban J connectivity index is 2.05. The van der Waals surface area contributed by atoms with Crippen LogP contribution in [0.4, 0.5) is 5.69 Å². The van der Waals surface area contributed by atoms with Crippen molar-refractivity contribution >= 4 is 23.4 Å². The van der Waals surface area contributed by atoms with E-state index in [0.29, 0.717) is 11.1 Å². The first-order chi connectivity index (χ1) is 10.6. The van der Waals surface area contributed by atoms with Crippen LogP contribution < -0.4 is 5.32 Å². The number of nitrogens with one attached hydrogen (secondary N) is 1. The second-order valence-corrected chi connectivity index (χ2v) is 6.49. The molecule has 1 N–H and O–H groups in total. The number of aromatic nitrogens is 2. The van der Waals surface area contributed by atoms with Gasteiger partial charge in [0.25, 0.3) is 0 Å². The van der Waals surface area contributed by atoms with Crippen molar-refractivity contribution in [3.05, 3.63) is 48.3 Å². The lowest BCUT2D eigenvalue weighted by atomic mass is 9.97. The summed E-state index contributed by atoms with van der Waals surface area (Å²) >= 11 is 1.36. The molecule has 0 fully saturated rings. The molecule has 0 aliphatic rings. The lowest BCUT2D eigenvalue weighted by Crippen LogP contribution is -2.23. The molecule has 0 saturated heterocycles. The highest BCUT2D eigenvalue weighted by molar-refractivity contribution is 8.00. The summed E-state index contributed by atoms with van der Waals surface area (Å²) < 4.78 is 0. The molecule has 0 spiro atoms. The van der Waals surface area contributed by atoms with Gasteiger partial charge in [-0.05, 0) is 37.0 Å². The van der Waals surface area contributed by atoms with E-state index in [-0.39, 0.29) is 11.2 Å². The van der Waals surface area contributed by atoms with E-state index in [4.69, 9.17) is 0 Å². The molecule has 0 unspecified atom stereocenters. The SMILES string of the molecule is CC[C@@H](C)c1ccccc1NC(=O)[C@H](C)Sc1ncccn1. The van der Waals surface area contributed by atoms with Gasteiger partial charge < -0.3 is 5.32 Å². The van der Waals surface area contributed by atoms with E-state index >= 15 is 0 Å². The van der Waals surface area contributed by atoms with Gasteiger partial charge in [-0.15, -0.1) is 0 Å². The number of carbonyl (C=O) groups excluding carboxylic acids is 1. The maximum absolute atomic E-state index is 12.4. The summed E-state index contributed by atoms with van der Waals surface area (Å²) in [7, 11) is 0. The summed E-state index contributed by atoms with van der Waals surface area (Å²) in [6.07, 6.45) is 4.39. The van der Waals surface area contributed by atoms with E-state index in [1.807, 2.05) is 25.1 Å². The lowest BCUT2D eigenvalue weighted by Gasteiger charge is -2.17. The molecule has 4 nitrogen and oxygen atoms in total. The van der Waals surface area contributed by atoms with E-state index < -0.39 is 0 Å². The zero-order valence-corrected chi connectivity index (χ0v) is 13.9. The number of carbonyl (C=O) groups is 1. The number of nitrogens with zero attached hydrogens (tertiary/aromatic N) is 2. The van der Waals surface area contributed by atoms with Crippen molar-refractivity contribution in [2.45, 2.75) is 43.5 Å². The highest BCUT2D eigenvalue weighted by Crippen LogP contribution is 2.27. The first-order valence-electron chi connectivity index (χ1n) is 7.45. The van der Waals surface area contributed by atoms with Gasteiger partial charge in [-0.2, -0.15) is 0 Å². The van der Waals surface area contributed by atoms with Crippen molar-refractivity contribution in [3.8, 4) is 0 Å². The number of hydrogen-bond acceptors (Lipinski definition) is 4. The van der Waals surface area contributed by atoms with Crippen molar-refractivity contribution in [1.29, 1.82) is 0 Å². The third-order valence-electron chi connectivity index (χ3n) is 3.56. The zero-order valence-electron chi connectivity index (χ0n) is 13.1. The topological polar surface area (TPSA) is 54.9 Å². The van der Waals surface area contributed by atoms with Gasteiger partial charge in [0, 0.05) is 18.1 Å². The number of benzene rings is 1. The van der Waals surface area contributed by atoms with Crippen LogP contribution in [0.3, 0.4) is 0 Å². The van der Waals surface area contributed by atoms with Crippen LogP contribution in [-0.4, -0.2) is 21.1 Å². The summed E-state index contributed by atoms with van der Waals surface area (Å²) in [6.45, 7) is 6.18. The fraction of sp³-hybridized carbons (Fsp3) is 0.353. The maximum atomic E-state index is 12.4. The Morgan fingerprint density at radius 1 is 1.18 bits per heavy atom. The van der Waals surface area contributed by atoms with Crippen LogP contribution in [0.1, 0.15) is 38.7 Å². The summed E-state index contributed by atoms with van der Waals surface area (Å²) in [4.78, 5) is 20.7. The molecule has 1 heterocycles. The van der Waals surface area contributed by atoms with E-state index in [0.717, 1.165) is 12.1 Å². The molecule has 1 aromatic carbocycles. The molecule has 0 aliphatic heterocycles. The number of thioether (sulfide) groups is 1. The third-order valence-corrected chi connectivity index (χ3v) is 4.54. The van der Waals surface area contributed by atoms with Crippen LogP contribution in [0, 0.1) is 0 Å². The Morgan fingerprint density at radius 2 is 1.86 bits per heavy atom. The van der Waals surface area contributed by atoms with E-state index in [1.54, 1.807) is 18.5 Å². The highest BCUT2D eigenvalue weighted by Gasteiger charge is 2.18. The fourth-order valence-electron chi connectivity index (χ4n) is 2.05. The van der Waals surface area contributed by atoms with Gasteiger partial charge >= 0.3 is 0 Å². The molecule has 0 bridgehead atoms. The molecule has 2 rings (SSSR count). The normalized spacial score (nSPS) is 13.4. The number of para-hydroxylation sites is 1. The summed E-state index contributed by atoms with van der Waals surface area (Å²) in [5.41, 5.74) is 2.06. The highest BCUT2D eigenvalue weighted by atomic mass is 32.2. The molecule has 0 radical (unpaired) electrons. The Bertz CT molecular complexity index is 618. The van der Waals surface area contributed by atoms with Gasteiger partial charge in [-0.1, -0.05) is 43.8 Å². The molecule has 1 amide bonds. The van der Waals surface area contributed by atoms with Crippen molar-refractivity contribution in [3.63, 3.8) is 0 Å². The summed E-state index contributed by atoms with van der Waals surface area (Å²) in [5.74, 6) is 0.380. The molecule has 1 aromatic heterocycles. The van der Waals surface area contributed by atoms with Crippen LogP contribution in [0.25, 0.3) is 0 Å². The first kappa shape index (κ1) is 16.5. The first-order valence-corrected chi connectivity index (χ1v) is 8.33. The predicted molar refractivity (Wildman–Crippen MR) is 91.1 cm³/mol. The number of rotatable bonds is 6.